The van der Waals surface area contributed by atoms with Gasteiger partial charge in [-0.2, -0.15) is 26.3 Å². The zero-order valence-corrected chi connectivity index (χ0v) is 12.5. The topological polar surface area (TPSA) is 20.3 Å². The number of benzene rings is 1. The minimum absolute atomic E-state index is 0.0601. The van der Waals surface area contributed by atoms with E-state index in [0.717, 1.165) is 29.2 Å². The van der Waals surface area contributed by atoms with Crippen LogP contribution in [0.2, 0.25) is 0 Å². The van der Waals surface area contributed by atoms with E-state index in [1.54, 1.807) is 0 Å². The average molecular weight is 351 g/mol. The van der Waals surface area contributed by atoms with Crippen LogP contribution < -0.4 is 0 Å². The minimum Gasteiger partial charge on any atom is -0.338 e. The molecule has 0 saturated carbocycles. The van der Waals surface area contributed by atoms with Gasteiger partial charge in [-0.1, -0.05) is 24.8 Å². The molecule has 1 amide bonds. The van der Waals surface area contributed by atoms with E-state index in [1.165, 1.54) is 6.07 Å². The Labute approximate surface area is 134 Å². The minimum atomic E-state index is -4.64. The molecule has 132 valence electrons. The fourth-order valence-electron chi connectivity index (χ4n) is 2.91. The molecule has 1 aliphatic rings. The standard InChI is InChI=1S/C16H15F6NO/c1-2-13(24)23-7-6-14(10-23,16(20,21)22)9-11-4-3-5-12(8-11)15(17,18)19/h2-5,8H,1,6-7,9-10H2. The first-order valence-electron chi connectivity index (χ1n) is 7.13. The first-order valence-corrected chi connectivity index (χ1v) is 7.13. The van der Waals surface area contributed by atoms with Gasteiger partial charge >= 0.3 is 12.4 Å². The van der Waals surface area contributed by atoms with Gasteiger partial charge in [0.15, 0.2) is 0 Å². The second kappa shape index (κ2) is 6.14. The second-order valence-electron chi connectivity index (χ2n) is 5.87. The SMILES string of the molecule is C=CC(=O)N1CCC(Cc2cccc(C(F)(F)F)c2)(C(F)(F)F)C1. The van der Waals surface area contributed by atoms with Crippen molar-refractivity contribution in [2.45, 2.75) is 25.2 Å². The van der Waals surface area contributed by atoms with Crippen LogP contribution in [0.3, 0.4) is 0 Å². The highest BCUT2D eigenvalue weighted by Crippen LogP contribution is 2.48. The molecule has 1 aromatic carbocycles. The molecule has 0 N–H and O–H groups in total. The van der Waals surface area contributed by atoms with Crippen LogP contribution in [0, 0.1) is 5.41 Å². The Balaban J connectivity index is 2.32. The number of hydrogen-bond acceptors (Lipinski definition) is 1. The Morgan fingerprint density at radius 3 is 2.46 bits per heavy atom. The van der Waals surface area contributed by atoms with Crippen LogP contribution in [0.25, 0.3) is 0 Å². The number of hydrogen-bond donors (Lipinski definition) is 0. The molecule has 2 nitrogen and oxygen atoms in total. The van der Waals surface area contributed by atoms with Crippen LogP contribution in [0.5, 0.6) is 0 Å². The van der Waals surface area contributed by atoms with Gasteiger partial charge < -0.3 is 4.90 Å². The maximum absolute atomic E-state index is 13.6. The molecule has 0 aliphatic carbocycles. The summed E-state index contributed by atoms with van der Waals surface area (Å²) in [5.41, 5.74) is -3.31. The van der Waals surface area contributed by atoms with E-state index in [9.17, 15) is 31.1 Å². The molecular weight excluding hydrogens is 336 g/mol. The summed E-state index contributed by atoms with van der Waals surface area (Å²) >= 11 is 0. The predicted molar refractivity (Wildman–Crippen MR) is 75.0 cm³/mol. The van der Waals surface area contributed by atoms with Crippen molar-refractivity contribution in [3.8, 4) is 0 Å². The number of alkyl halides is 6. The molecule has 1 aliphatic heterocycles. The van der Waals surface area contributed by atoms with Crippen LogP contribution in [0.1, 0.15) is 17.5 Å². The van der Waals surface area contributed by atoms with Crippen LogP contribution >= 0.6 is 0 Å². The fraction of sp³-hybridized carbons (Fsp3) is 0.438. The first kappa shape index (κ1) is 18.4. The van der Waals surface area contributed by atoms with E-state index in [2.05, 4.69) is 6.58 Å². The average Bonchev–Trinajstić information content (AvgIpc) is 2.91. The van der Waals surface area contributed by atoms with Crippen molar-refractivity contribution in [1.29, 1.82) is 0 Å². The Morgan fingerprint density at radius 2 is 1.92 bits per heavy atom. The zero-order valence-electron chi connectivity index (χ0n) is 12.5. The lowest BCUT2D eigenvalue weighted by Gasteiger charge is -2.32. The van der Waals surface area contributed by atoms with Crippen LogP contribution in [-0.2, 0) is 17.4 Å². The van der Waals surface area contributed by atoms with Crippen molar-refractivity contribution in [2.24, 2.45) is 5.41 Å². The highest BCUT2D eigenvalue weighted by atomic mass is 19.4. The smallest absolute Gasteiger partial charge is 0.338 e. The van der Waals surface area contributed by atoms with Gasteiger partial charge in [-0.05, 0) is 30.5 Å². The van der Waals surface area contributed by atoms with Crippen molar-refractivity contribution in [1.82, 2.24) is 4.90 Å². The van der Waals surface area contributed by atoms with Crippen LogP contribution in [0.4, 0.5) is 26.3 Å². The Kier molecular flexibility index (Phi) is 4.70. The van der Waals surface area contributed by atoms with E-state index in [0.29, 0.717) is 0 Å². The molecule has 1 atom stereocenters. The van der Waals surface area contributed by atoms with Gasteiger partial charge in [0.2, 0.25) is 5.91 Å². The number of halogens is 6. The van der Waals surface area contributed by atoms with Gasteiger partial charge in [0.25, 0.3) is 0 Å². The molecular formula is C16H15F6NO. The highest BCUT2D eigenvalue weighted by molar-refractivity contribution is 5.87. The van der Waals surface area contributed by atoms with Crippen LogP contribution in [0.15, 0.2) is 36.9 Å². The highest BCUT2D eigenvalue weighted by Gasteiger charge is 2.58. The van der Waals surface area contributed by atoms with E-state index < -0.39 is 42.2 Å². The molecule has 0 radical (unpaired) electrons. The predicted octanol–water partition coefficient (Wildman–Crippen LogP) is 4.21. The maximum Gasteiger partial charge on any atom is 0.416 e. The Bertz CT molecular complexity index is 636. The Hall–Kier alpha value is -1.99. The normalized spacial score (nSPS) is 21.8. The van der Waals surface area contributed by atoms with Gasteiger partial charge in [0.05, 0.1) is 11.0 Å². The summed E-state index contributed by atoms with van der Waals surface area (Å²) in [4.78, 5) is 12.6. The molecule has 1 aromatic rings. The Morgan fingerprint density at radius 1 is 1.25 bits per heavy atom. The third-order valence-corrected chi connectivity index (χ3v) is 4.24. The largest absolute Gasteiger partial charge is 0.416 e. The number of carbonyl (C=O) groups is 1. The van der Waals surface area contributed by atoms with Gasteiger partial charge in [0.1, 0.15) is 0 Å². The molecule has 0 bridgehead atoms. The van der Waals surface area contributed by atoms with E-state index in [1.807, 2.05) is 0 Å². The summed E-state index contributed by atoms with van der Waals surface area (Å²) in [6, 6.07) is 3.86. The van der Waals surface area contributed by atoms with Gasteiger partial charge in [-0.3, -0.25) is 4.79 Å². The van der Waals surface area contributed by atoms with E-state index in [4.69, 9.17) is 0 Å². The summed E-state index contributed by atoms with van der Waals surface area (Å²) in [5.74, 6) is -0.620. The van der Waals surface area contributed by atoms with Crippen LogP contribution in [-0.4, -0.2) is 30.1 Å². The number of amides is 1. The lowest BCUT2D eigenvalue weighted by Crippen LogP contribution is -2.43. The quantitative estimate of drug-likeness (QED) is 0.590. The lowest BCUT2D eigenvalue weighted by atomic mass is 9.79. The van der Waals surface area contributed by atoms with Gasteiger partial charge in [0, 0.05) is 13.1 Å². The molecule has 1 heterocycles. The van der Waals surface area contributed by atoms with Gasteiger partial charge in [-0.25, -0.2) is 0 Å². The maximum atomic E-state index is 13.6. The first-order chi connectivity index (χ1) is 11.0. The van der Waals surface area contributed by atoms with Crippen molar-refractivity contribution in [3.05, 3.63) is 48.0 Å². The van der Waals surface area contributed by atoms with Crippen molar-refractivity contribution in [3.63, 3.8) is 0 Å². The van der Waals surface area contributed by atoms with E-state index in [-0.39, 0.29) is 18.5 Å². The zero-order chi connectivity index (χ0) is 18.2. The molecule has 0 spiro atoms. The van der Waals surface area contributed by atoms with E-state index >= 15 is 0 Å². The number of carbonyl (C=O) groups excluding carboxylic acids is 1. The molecule has 24 heavy (non-hydrogen) atoms. The summed E-state index contributed by atoms with van der Waals surface area (Å²) in [5, 5.41) is 0. The summed E-state index contributed by atoms with van der Waals surface area (Å²) in [7, 11) is 0. The fourth-order valence-corrected chi connectivity index (χ4v) is 2.91. The molecule has 1 unspecified atom stereocenters. The summed E-state index contributed by atoms with van der Waals surface area (Å²) < 4.78 is 79.0. The molecule has 1 fully saturated rings. The lowest BCUT2D eigenvalue weighted by molar-refractivity contribution is -0.219. The van der Waals surface area contributed by atoms with Gasteiger partial charge in [-0.15, -0.1) is 0 Å². The molecule has 1 saturated heterocycles. The number of rotatable bonds is 3. The van der Waals surface area contributed by atoms with Crippen molar-refractivity contribution in [2.75, 3.05) is 13.1 Å². The molecule has 8 heteroatoms. The number of likely N-dealkylation sites (tertiary alicyclic amines) is 1. The summed E-state index contributed by atoms with van der Waals surface area (Å²) in [6.07, 6.45) is -9.30. The van der Waals surface area contributed by atoms with Crippen molar-refractivity contribution < 1.29 is 31.1 Å². The summed E-state index contributed by atoms with van der Waals surface area (Å²) in [6.45, 7) is 2.55. The number of nitrogens with zero attached hydrogens (tertiary/aromatic N) is 1. The molecule has 2 rings (SSSR count). The third kappa shape index (κ3) is 3.57. The molecule has 0 aromatic heterocycles. The monoisotopic (exact) mass is 351 g/mol. The second-order valence-corrected chi connectivity index (χ2v) is 5.87. The third-order valence-electron chi connectivity index (χ3n) is 4.24. The van der Waals surface area contributed by atoms with Crippen molar-refractivity contribution >= 4 is 5.91 Å².